The summed E-state index contributed by atoms with van der Waals surface area (Å²) in [5.74, 6) is 0.0708. The van der Waals surface area contributed by atoms with Crippen LogP contribution in [0.15, 0.2) is 48.8 Å². The Kier molecular flexibility index (Phi) is 4.08. The zero-order valence-corrected chi connectivity index (χ0v) is 14.6. The van der Waals surface area contributed by atoms with Gasteiger partial charge in [-0.2, -0.15) is 0 Å². The third kappa shape index (κ3) is 2.65. The van der Waals surface area contributed by atoms with Crippen LogP contribution in [-0.2, 0) is 6.42 Å². The van der Waals surface area contributed by atoms with E-state index < -0.39 is 0 Å². The van der Waals surface area contributed by atoms with Crippen molar-refractivity contribution in [2.24, 2.45) is 5.41 Å². The van der Waals surface area contributed by atoms with Crippen LogP contribution in [0.4, 0.5) is 0 Å². The van der Waals surface area contributed by atoms with Crippen molar-refractivity contribution in [1.29, 1.82) is 0 Å². The van der Waals surface area contributed by atoms with Gasteiger partial charge in [0.1, 0.15) is 0 Å². The highest BCUT2D eigenvalue weighted by Crippen LogP contribution is 2.51. The predicted molar refractivity (Wildman–Crippen MR) is 96.2 cm³/mol. The van der Waals surface area contributed by atoms with Gasteiger partial charge in [0.25, 0.3) is 5.91 Å². The molecule has 2 fully saturated rings. The second-order valence-corrected chi connectivity index (χ2v) is 7.54. The molecule has 2 aliphatic heterocycles. The average molecular weight is 336 g/mol. The second kappa shape index (κ2) is 6.26. The van der Waals surface area contributed by atoms with E-state index in [1.165, 1.54) is 5.56 Å². The molecular weight excluding hydrogens is 312 g/mol. The quantitative estimate of drug-likeness (QED) is 0.934. The van der Waals surface area contributed by atoms with E-state index in [2.05, 4.69) is 17.1 Å². The topological polar surface area (TPSA) is 53.4 Å². The number of aliphatic hydroxyl groups is 1. The van der Waals surface area contributed by atoms with Gasteiger partial charge in [-0.25, -0.2) is 0 Å². The summed E-state index contributed by atoms with van der Waals surface area (Å²) in [6.07, 6.45) is 7.11. The molecule has 3 heterocycles. The van der Waals surface area contributed by atoms with Gasteiger partial charge in [-0.1, -0.05) is 30.3 Å². The number of carbonyl (C=O) groups is 1. The molecule has 130 valence electrons. The summed E-state index contributed by atoms with van der Waals surface area (Å²) in [6.45, 7) is 2.08. The van der Waals surface area contributed by atoms with Crippen molar-refractivity contribution in [3.63, 3.8) is 0 Å². The molecule has 0 aliphatic carbocycles. The third-order valence-corrected chi connectivity index (χ3v) is 6.07. The summed E-state index contributed by atoms with van der Waals surface area (Å²) in [4.78, 5) is 19.4. The SMILES string of the molecule is Cc1ccncc1C(=O)N1[C@H]2CC[C@@H]1[C@@](CO)(Cc1ccccc1)C2. The Balaban J connectivity index is 1.64. The number of carbonyl (C=O) groups excluding carboxylic acids is 1. The van der Waals surface area contributed by atoms with Crippen LogP contribution in [0.25, 0.3) is 0 Å². The number of pyridine rings is 1. The van der Waals surface area contributed by atoms with Gasteiger partial charge in [0.05, 0.1) is 12.2 Å². The Labute approximate surface area is 148 Å². The largest absolute Gasteiger partial charge is 0.396 e. The van der Waals surface area contributed by atoms with Gasteiger partial charge in [-0.05, 0) is 49.8 Å². The highest BCUT2D eigenvalue weighted by molar-refractivity contribution is 5.96. The van der Waals surface area contributed by atoms with Gasteiger partial charge in [0, 0.05) is 29.9 Å². The summed E-state index contributed by atoms with van der Waals surface area (Å²) in [5.41, 5.74) is 2.65. The van der Waals surface area contributed by atoms with Gasteiger partial charge in [0.15, 0.2) is 0 Å². The number of hydrogen-bond donors (Lipinski definition) is 1. The molecule has 1 aromatic carbocycles. The van der Waals surface area contributed by atoms with Gasteiger partial charge >= 0.3 is 0 Å². The highest BCUT2D eigenvalue weighted by Gasteiger charge is 2.57. The van der Waals surface area contributed by atoms with E-state index in [0.717, 1.165) is 31.2 Å². The van der Waals surface area contributed by atoms with Crippen LogP contribution in [0.2, 0.25) is 0 Å². The summed E-state index contributed by atoms with van der Waals surface area (Å²) >= 11 is 0. The maximum Gasteiger partial charge on any atom is 0.256 e. The first-order valence-corrected chi connectivity index (χ1v) is 9.03. The van der Waals surface area contributed by atoms with E-state index in [-0.39, 0.29) is 30.0 Å². The number of rotatable bonds is 4. The van der Waals surface area contributed by atoms with Gasteiger partial charge in [-0.3, -0.25) is 9.78 Å². The van der Waals surface area contributed by atoms with Crippen LogP contribution >= 0.6 is 0 Å². The third-order valence-electron chi connectivity index (χ3n) is 6.07. The summed E-state index contributed by atoms with van der Waals surface area (Å²) < 4.78 is 0. The molecule has 1 N–H and O–H groups in total. The Bertz CT molecular complexity index is 776. The Hall–Kier alpha value is -2.20. The highest BCUT2D eigenvalue weighted by atomic mass is 16.3. The molecule has 2 aromatic rings. The van der Waals surface area contributed by atoms with Gasteiger partial charge < -0.3 is 10.0 Å². The lowest BCUT2D eigenvalue weighted by Crippen LogP contribution is -2.44. The molecular formula is C21H24N2O2. The number of hydrogen-bond acceptors (Lipinski definition) is 3. The summed E-state index contributed by atoms with van der Waals surface area (Å²) in [7, 11) is 0. The Morgan fingerprint density at radius 2 is 2.08 bits per heavy atom. The predicted octanol–water partition coefficient (Wildman–Crippen LogP) is 2.99. The Morgan fingerprint density at radius 1 is 1.28 bits per heavy atom. The van der Waals surface area contributed by atoms with Gasteiger partial charge in [0.2, 0.25) is 0 Å². The minimum absolute atomic E-state index is 0.0708. The van der Waals surface area contributed by atoms with Crippen LogP contribution in [-0.4, -0.2) is 39.6 Å². The van der Waals surface area contributed by atoms with E-state index in [0.29, 0.717) is 5.56 Å². The minimum atomic E-state index is -0.226. The van der Waals surface area contributed by atoms with E-state index in [9.17, 15) is 9.90 Å². The molecule has 2 bridgehead atoms. The molecule has 2 saturated heterocycles. The fourth-order valence-corrected chi connectivity index (χ4v) is 4.84. The molecule has 0 spiro atoms. The number of aliphatic hydroxyl groups excluding tert-OH is 1. The monoisotopic (exact) mass is 336 g/mol. The molecule has 25 heavy (non-hydrogen) atoms. The number of benzene rings is 1. The molecule has 0 unspecified atom stereocenters. The number of aromatic nitrogens is 1. The second-order valence-electron chi connectivity index (χ2n) is 7.54. The fourth-order valence-electron chi connectivity index (χ4n) is 4.84. The lowest BCUT2D eigenvalue weighted by atomic mass is 9.70. The first kappa shape index (κ1) is 16.3. The smallest absolute Gasteiger partial charge is 0.256 e. The molecule has 1 amide bonds. The Morgan fingerprint density at radius 3 is 2.80 bits per heavy atom. The van der Waals surface area contributed by atoms with Crippen molar-refractivity contribution < 1.29 is 9.90 Å². The van der Waals surface area contributed by atoms with Crippen molar-refractivity contribution in [2.45, 2.75) is 44.7 Å². The van der Waals surface area contributed by atoms with E-state index >= 15 is 0 Å². The average Bonchev–Trinajstić information content (AvgIpc) is 3.18. The molecule has 3 atom stereocenters. The lowest BCUT2D eigenvalue weighted by molar-refractivity contribution is 0.0570. The number of amides is 1. The van der Waals surface area contributed by atoms with E-state index in [4.69, 9.17) is 0 Å². The zero-order chi connectivity index (χ0) is 17.4. The fraction of sp³-hybridized carbons (Fsp3) is 0.429. The van der Waals surface area contributed by atoms with Crippen LogP contribution in [0.5, 0.6) is 0 Å². The molecule has 0 saturated carbocycles. The van der Waals surface area contributed by atoms with Crippen molar-refractivity contribution in [1.82, 2.24) is 9.88 Å². The molecule has 4 nitrogen and oxygen atoms in total. The van der Waals surface area contributed by atoms with Gasteiger partial charge in [-0.15, -0.1) is 0 Å². The normalized spacial score (nSPS) is 27.7. The molecule has 4 heteroatoms. The van der Waals surface area contributed by atoms with E-state index in [1.54, 1.807) is 12.4 Å². The number of aryl methyl sites for hydroxylation is 1. The van der Waals surface area contributed by atoms with Crippen molar-refractivity contribution in [3.8, 4) is 0 Å². The van der Waals surface area contributed by atoms with E-state index in [1.807, 2.05) is 36.1 Å². The van der Waals surface area contributed by atoms with Crippen molar-refractivity contribution in [3.05, 3.63) is 65.5 Å². The zero-order valence-electron chi connectivity index (χ0n) is 14.6. The first-order valence-electron chi connectivity index (χ1n) is 9.03. The lowest BCUT2D eigenvalue weighted by Gasteiger charge is -2.36. The van der Waals surface area contributed by atoms with Crippen molar-refractivity contribution in [2.75, 3.05) is 6.61 Å². The summed E-state index contributed by atoms with van der Waals surface area (Å²) in [6, 6.07) is 12.5. The maximum absolute atomic E-state index is 13.2. The molecule has 4 rings (SSSR count). The van der Waals surface area contributed by atoms with Crippen LogP contribution in [0.1, 0.15) is 40.7 Å². The van der Waals surface area contributed by atoms with Crippen LogP contribution in [0.3, 0.4) is 0 Å². The summed E-state index contributed by atoms with van der Waals surface area (Å²) in [5, 5.41) is 10.3. The minimum Gasteiger partial charge on any atom is -0.396 e. The molecule has 1 aromatic heterocycles. The molecule has 0 radical (unpaired) electrons. The van der Waals surface area contributed by atoms with Crippen molar-refractivity contribution >= 4 is 5.91 Å². The number of nitrogens with zero attached hydrogens (tertiary/aromatic N) is 2. The maximum atomic E-state index is 13.2. The first-order chi connectivity index (χ1) is 12.1. The van der Waals surface area contributed by atoms with Crippen LogP contribution < -0.4 is 0 Å². The van der Waals surface area contributed by atoms with Crippen LogP contribution in [0, 0.1) is 12.3 Å². The standard InChI is InChI=1S/C21H24N2O2/c1-15-9-10-22-13-18(15)20(25)23-17-7-8-19(23)21(12-17,14-24)11-16-5-3-2-4-6-16/h2-6,9-10,13,17,19,24H,7-8,11-12,14H2,1H3/t17-,19+,21-/m0/s1. The number of fused-ring (bicyclic) bond motifs is 2. The molecule has 2 aliphatic rings.